The second kappa shape index (κ2) is 6.36. The van der Waals surface area contributed by atoms with Gasteiger partial charge in [0.25, 0.3) is 0 Å². The van der Waals surface area contributed by atoms with Crippen molar-refractivity contribution in [2.24, 2.45) is 0 Å². The molecule has 0 aromatic heterocycles. The lowest BCUT2D eigenvalue weighted by Crippen LogP contribution is -2.26. The van der Waals surface area contributed by atoms with Crippen LogP contribution in [-0.2, 0) is 10.7 Å². The van der Waals surface area contributed by atoms with Crippen LogP contribution in [0.15, 0.2) is 24.3 Å². The molecule has 1 rings (SSSR count). The molecule has 2 N–H and O–H groups in total. The van der Waals surface area contributed by atoms with Crippen LogP contribution in [0.25, 0.3) is 0 Å². The number of aliphatic hydroxyl groups is 1. The molecule has 0 spiro atoms. The lowest BCUT2D eigenvalue weighted by Gasteiger charge is -2.15. The zero-order valence-corrected chi connectivity index (χ0v) is 9.42. The number of hydrogen-bond acceptors (Lipinski definition) is 3. The number of para-hydroxylation sites is 1. The van der Waals surface area contributed by atoms with E-state index in [0.717, 1.165) is 6.07 Å². The van der Waals surface area contributed by atoms with E-state index in [2.05, 4.69) is 0 Å². The van der Waals surface area contributed by atoms with Gasteiger partial charge in [0, 0.05) is 0 Å². The maximum absolute atomic E-state index is 13.2. The largest absolute Gasteiger partial charge is 0.491 e. The van der Waals surface area contributed by atoms with Gasteiger partial charge in [-0.1, -0.05) is 12.1 Å². The summed E-state index contributed by atoms with van der Waals surface area (Å²) in [7, 11) is 0. The van der Waals surface area contributed by atoms with E-state index in [1.165, 1.54) is 18.2 Å². The average molecular weight is 269 g/mol. The van der Waals surface area contributed by atoms with Crippen LogP contribution in [0.1, 0.15) is 5.56 Å². The fourth-order valence-electron chi connectivity index (χ4n) is 1.12. The van der Waals surface area contributed by atoms with E-state index in [1.54, 1.807) is 0 Å². The summed E-state index contributed by atoms with van der Waals surface area (Å²) >= 11 is 0. The van der Waals surface area contributed by atoms with Gasteiger partial charge in [-0.3, -0.25) is 0 Å². The monoisotopic (exact) mass is 268 g/mol. The van der Waals surface area contributed by atoms with Gasteiger partial charge in [-0.25, -0.2) is 4.79 Å². The topological polar surface area (TPSA) is 66.8 Å². The Hall–Kier alpha value is -1.40. The highest BCUT2D eigenvalue weighted by Gasteiger charge is 2.43. The Labute approximate surface area is 102 Å². The minimum absolute atomic E-state index is 0. The Morgan fingerprint density at radius 3 is 2.47 bits per heavy atom. The van der Waals surface area contributed by atoms with Crippen LogP contribution in [0.3, 0.4) is 0 Å². The number of aliphatic carboxylic acids is 1. The van der Waals surface area contributed by atoms with E-state index in [0.29, 0.717) is 0 Å². The van der Waals surface area contributed by atoms with Gasteiger partial charge in [0.15, 0.2) is 0 Å². The quantitative estimate of drug-likeness (QED) is 0.852. The molecule has 0 unspecified atom stereocenters. The number of rotatable bonds is 5. The van der Waals surface area contributed by atoms with Crippen LogP contribution < -0.4 is 4.74 Å². The number of benzene rings is 1. The molecule has 0 bridgehead atoms. The number of ether oxygens (including phenoxy) is 1. The Morgan fingerprint density at radius 1 is 1.35 bits per heavy atom. The molecule has 0 radical (unpaired) electrons. The van der Waals surface area contributed by atoms with Crippen molar-refractivity contribution >= 4 is 18.4 Å². The van der Waals surface area contributed by atoms with Crippen molar-refractivity contribution < 1.29 is 28.5 Å². The highest BCUT2D eigenvalue weighted by Crippen LogP contribution is 2.34. The highest BCUT2D eigenvalue weighted by atomic mass is 35.5. The second-order valence-corrected chi connectivity index (χ2v) is 2.95. The molecule has 0 heterocycles. The first kappa shape index (κ1) is 15.6. The molecule has 0 aliphatic rings. The molecule has 96 valence electrons. The Bertz CT molecular complexity index is 384. The standard InChI is InChI=1S/C10H10F2O4.ClH/c11-10(12,9(14)15)7-3-1-2-4-8(7)16-6-5-13;/h1-4,13H,5-6H2,(H,14,15);1H. The fraction of sp³-hybridized carbons (Fsp3) is 0.300. The molecule has 0 saturated carbocycles. The number of aliphatic hydroxyl groups excluding tert-OH is 1. The molecule has 0 amide bonds. The average Bonchev–Trinajstić information content (AvgIpc) is 2.26. The van der Waals surface area contributed by atoms with E-state index >= 15 is 0 Å². The molecule has 4 nitrogen and oxygen atoms in total. The fourth-order valence-corrected chi connectivity index (χ4v) is 1.12. The van der Waals surface area contributed by atoms with Crippen molar-refractivity contribution in [3.8, 4) is 5.75 Å². The molecule has 17 heavy (non-hydrogen) atoms. The van der Waals surface area contributed by atoms with Crippen molar-refractivity contribution in [1.82, 2.24) is 0 Å². The van der Waals surface area contributed by atoms with Crippen molar-refractivity contribution in [2.45, 2.75) is 5.92 Å². The summed E-state index contributed by atoms with van der Waals surface area (Å²) in [5, 5.41) is 16.9. The van der Waals surface area contributed by atoms with E-state index in [-0.39, 0.29) is 31.4 Å². The first-order chi connectivity index (χ1) is 7.50. The molecule has 0 aliphatic carbocycles. The third-order valence-electron chi connectivity index (χ3n) is 1.84. The van der Waals surface area contributed by atoms with Gasteiger partial charge in [0.2, 0.25) is 0 Å². The van der Waals surface area contributed by atoms with Gasteiger partial charge >= 0.3 is 11.9 Å². The van der Waals surface area contributed by atoms with Crippen molar-refractivity contribution in [3.05, 3.63) is 29.8 Å². The molecule has 7 heteroatoms. The lowest BCUT2D eigenvalue weighted by atomic mass is 10.1. The third-order valence-corrected chi connectivity index (χ3v) is 1.84. The predicted molar refractivity (Wildman–Crippen MR) is 57.8 cm³/mol. The first-order valence-electron chi connectivity index (χ1n) is 4.44. The van der Waals surface area contributed by atoms with E-state index in [9.17, 15) is 13.6 Å². The normalized spacial score (nSPS) is 10.5. The molecular weight excluding hydrogens is 258 g/mol. The summed E-state index contributed by atoms with van der Waals surface area (Å²) in [6.07, 6.45) is 0. The summed E-state index contributed by atoms with van der Waals surface area (Å²) < 4.78 is 31.3. The molecule has 0 fully saturated rings. The molecule has 0 atom stereocenters. The number of carboxylic acid groups (broad SMARTS) is 1. The second-order valence-electron chi connectivity index (χ2n) is 2.95. The Morgan fingerprint density at radius 2 is 1.94 bits per heavy atom. The SMILES string of the molecule is Cl.O=C(O)C(F)(F)c1ccccc1OCCO. The molecular formula is C10H11ClF2O4. The van der Waals surface area contributed by atoms with Crippen molar-refractivity contribution in [2.75, 3.05) is 13.2 Å². The van der Waals surface area contributed by atoms with E-state index in [4.69, 9.17) is 14.9 Å². The van der Waals surface area contributed by atoms with Gasteiger partial charge in [-0.2, -0.15) is 8.78 Å². The van der Waals surface area contributed by atoms with Crippen LogP contribution in [-0.4, -0.2) is 29.4 Å². The lowest BCUT2D eigenvalue weighted by molar-refractivity contribution is -0.166. The number of halogens is 3. The Balaban J connectivity index is 0.00000256. The van der Waals surface area contributed by atoms with Crippen LogP contribution in [0.5, 0.6) is 5.75 Å². The molecule has 0 saturated heterocycles. The van der Waals surface area contributed by atoms with Crippen LogP contribution >= 0.6 is 12.4 Å². The maximum atomic E-state index is 13.2. The molecule has 0 aliphatic heterocycles. The summed E-state index contributed by atoms with van der Waals surface area (Å²) in [5.41, 5.74) is -0.726. The summed E-state index contributed by atoms with van der Waals surface area (Å²) in [4.78, 5) is 10.4. The van der Waals surface area contributed by atoms with Gasteiger partial charge in [-0.05, 0) is 12.1 Å². The van der Waals surface area contributed by atoms with Crippen LogP contribution in [0.2, 0.25) is 0 Å². The number of carbonyl (C=O) groups is 1. The van der Waals surface area contributed by atoms with Crippen molar-refractivity contribution in [1.29, 1.82) is 0 Å². The first-order valence-corrected chi connectivity index (χ1v) is 4.44. The van der Waals surface area contributed by atoms with Crippen LogP contribution in [0.4, 0.5) is 8.78 Å². The van der Waals surface area contributed by atoms with Gasteiger partial charge in [0.05, 0.1) is 12.2 Å². The smallest absolute Gasteiger partial charge is 0.379 e. The van der Waals surface area contributed by atoms with E-state index in [1.807, 2.05) is 0 Å². The maximum Gasteiger partial charge on any atom is 0.379 e. The number of carboxylic acids is 1. The zero-order chi connectivity index (χ0) is 12.2. The van der Waals surface area contributed by atoms with Crippen molar-refractivity contribution in [3.63, 3.8) is 0 Å². The predicted octanol–water partition coefficient (Wildman–Crippen LogP) is 1.66. The van der Waals surface area contributed by atoms with E-state index < -0.39 is 17.5 Å². The summed E-state index contributed by atoms with van der Waals surface area (Å²) in [6.45, 7) is -0.514. The highest BCUT2D eigenvalue weighted by molar-refractivity contribution is 5.85. The number of alkyl halides is 2. The summed E-state index contributed by atoms with van der Waals surface area (Å²) in [6, 6.07) is 4.93. The molecule has 1 aromatic rings. The summed E-state index contributed by atoms with van der Waals surface area (Å²) in [5.74, 6) is -6.50. The van der Waals surface area contributed by atoms with Gasteiger partial charge < -0.3 is 14.9 Å². The van der Waals surface area contributed by atoms with Crippen LogP contribution in [0, 0.1) is 0 Å². The Kier molecular flexibility index (Phi) is 5.84. The molecule has 1 aromatic carbocycles. The third kappa shape index (κ3) is 3.54. The number of hydrogen-bond donors (Lipinski definition) is 2. The van der Waals surface area contributed by atoms with Gasteiger partial charge in [-0.15, -0.1) is 12.4 Å². The zero-order valence-electron chi connectivity index (χ0n) is 8.60. The van der Waals surface area contributed by atoms with Gasteiger partial charge in [0.1, 0.15) is 12.4 Å². The minimum atomic E-state index is -4.01. The minimum Gasteiger partial charge on any atom is -0.491 e.